The number of carbonyl (C=O) groups is 1. The monoisotopic (exact) mass is 836 g/mol. The van der Waals surface area contributed by atoms with Crippen molar-refractivity contribution in [1.29, 1.82) is 0 Å². The van der Waals surface area contributed by atoms with Gasteiger partial charge in [0.25, 0.3) is 0 Å². The van der Waals surface area contributed by atoms with Crippen LogP contribution in [-0.2, 0) is 4.79 Å². The third-order valence-corrected chi connectivity index (χ3v) is 12.7. The Morgan fingerprint density at radius 3 is 1.02 bits per heavy atom. The summed E-state index contributed by atoms with van der Waals surface area (Å²) < 4.78 is 0. The zero-order chi connectivity index (χ0) is 43.1. The maximum absolute atomic E-state index is 12.5. The molecule has 0 aromatic rings. The van der Waals surface area contributed by atoms with Crippen LogP contribution < -0.4 is 5.32 Å². The van der Waals surface area contributed by atoms with E-state index in [2.05, 4.69) is 31.3 Å². The van der Waals surface area contributed by atoms with Crippen molar-refractivity contribution < 1.29 is 25.2 Å². The fourth-order valence-electron chi connectivity index (χ4n) is 8.53. The van der Waals surface area contributed by atoms with Gasteiger partial charge < -0.3 is 25.7 Å². The maximum atomic E-state index is 12.5. The fraction of sp³-hybridized carbons (Fsp3) is 0.943. The van der Waals surface area contributed by atoms with E-state index in [1.165, 1.54) is 225 Å². The molecule has 0 aromatic heterocycles. The normalized spacial score (nSPS) is 13.9. The molecule has 6 heteroatoms. The first kappa shape index (κ1) is 58.0. The zero-order valence-corrected chi connectivity index (χ0v) is 39.8. The van der Waals surface area contributed by atoms with Crippen LogP contribution in [0.1, 0.15) is 290 Å². The first-order valence-corrected chi connectivity index (χ1v) is 26.6. The van der Waals surface area contributed by atoms with Gasteiger partial charge in [0.2, 0.25) is 5.91 Å². The third kappa shape index (κ3) is 42.1. The smallest absolute Gasteiger partial charge is 0.249 e. The van der Waals surface area contributed by atoms with Crippen LogP contribution in [0.2, 0.25) is 0 Å². The summed E-state index contributed by atoms with van der Waals surface area (Å²) in [4.78, 5) is 12.5. The Labute approximate surface area is 368 Å². The van der Waals surface area contributed by atoms with Gasteiger partial charge in [-0.25, -0.2) is 0 Å². The van der Waals surface area contributed by atoms with Crippen LogP contribution in [0.3, 0.4) is 0 Å². The van der Waals surface area contributed by atoms with Crippen molar-refractivity contribution in [3.05, 3.63) is 12.2 Å². The Bertz CT molecular complexity index is 852. The predicted octanol–water partition coefficient (Wildman–Crippen LogP) is 14.9. The molecule has 0 bridgehead atoms. The number of amides is 1. The molecule has 0 rings (SSSR count). The molecule has 0 aliphatic carbocycles. The number of nitrogens with one attached hydrogen (secondary N) is 1. The van der Waals surface area contributed by atoms with Crippen molar-refractivity contribution in [2.24, 2.45) is 0 Å². The molecule has 4 unspecified atom stereocenters. The summed E-state index contributed by atoms with van der Waals surface area (Å²) in [6.45, 7) is 4.01. The van der Waals surface area contributed by atoms with Crippen molar-refractivity contribution in [2.45, 2.75) is 314 Å². The van der Waals surface area contributed by atoms with Crippen molar-refractivity contribution in [3.8, 4) is 0 Å². The van der Waals surface area contributed by atoms with Gasteiger partial charge in [0.15, 0.2) is 0 Å². The molecule has 6 nitrogen and oxygen atoms in total. The Morgan fingerprint density at radius 2 is 0.695 bits per heavy atom. The molecule has 0 saturated heterocycles. The lowest BCUT2D eigenvalue weighted by atomic mass is 10.00. The third-order valence-electron chi connectivity index (χ3n) is 12.7. The maximum Gasteiger partial charge on any atom is 0.249 e. The molecule has 5 N–H and O–H groups in total. The summed E-state index contributed by atoms with van der Waals surface area (Å²) in [6.07, 6.45) is 56.0. The molecule has 0 aromatic carbocycles. The minimum atomic E-state index is -1.28. The summed E-state index contributed by atoms with van der Waals surface area (Å²) in [5.74, 6) is -0.590. The highest BCUT2D eigenvalue weighted by atomic mass is 16.3. The molecule has 352 valence electrons. The SMILES string of the molecule is CCCCCC/C=C/CCCC(O)C(O)C(CO)NC(=O)C(O)CCCCCCCCCCCCCCCCCCCCCCCCCCCCCCCCCCCC. The number of rotatable bonds is 49. The second-order valence-corrected chi connectivity index (χ2v) is 18.6. The second-order valence-electron chi connectivity index (χ2n) is 18.6. The highest BCUT2D eigenvalue weighted by molar-refractivity contribution is 5.80. The van der Waals surface area contributed by atoms with E-state index in [1.54, 1.807) is 0 Å². The minimum absolute atomic E-state index is 0.368. The second kappa shape index (κ2) is 48.1. The fourth-order valence-corrected chi connectivity index (χ4v) is 8.53. The highest BCUT2D eigenvalue weighted by Crippen LogP contribution is 2.18. The average molecular weight is 836 g/mol. The van der Waals surface area contributed by atoms with Gasteiger partial charge in [-0.05, 0) is 38.5 Å². The molecular formula is C53H105NO5. The van der Waals surface area contributed by atoms with Crippen molar-refractivity contribution >= 4 is 5.91 Å². The molecule has 1 amide bonds. The van der Waals surface area contributed by atoms with Gasteiger partial charge in [-0.2, -0.15) is 0 Å². The minimum Gasteiger partial charge on any atom is -0.394 e. The Balaban J connectivity index is 3.47. The molecular weight excluding hydrogens is 731 g/mol. The lowest BCUT2D eigenvalue weighted by molar-refractivity contribution is -0.132. The van der Waals surface area contributed by atoms with E-state index in [0.717, 1.165) is 38.5 Å². The van der Waals surface area contributed by atoms with Crippen LogP contribution >= 0.6 is 0 Å². The number of allylic oxidation sites excluding steroid dienone is 2. The molecule has 0 fully saturated rings. The molecule has 0 aliphatic heterocycles. The van der Waals surface area contributed by atoms with Crippen LogP contribution in [-0.4, -0.2) is 57.3 Å². The number of unbranched alkanes of at least 4 members (excludes halogenated alkanes) is 38. The summed E-state index contributed by atoms with van der Waals surface area (Å²) in [6, 6.07) is -0.996. The van der Waals surface area contributed by atoms with Gasteiger partial charge in [0.1, 0.15) is 12.2 Å². The Morgan fingerprint density at radius 1 is 0.407 bits per heavy atom. The summed E-state index contributed by atoms with van der Waals surface area (Å²) in [7, 11) is 0. The van der Waals surface area contributed by atoms with E-state index in [4.69, 9.17) is 0 Å². The first-order chi connectivity index (χ1) is 29.0. The van der Waals surface area contributed by atoms with E-state index in [-0.39, 0.29) is 0 Å². The number of aliphatic hydroxyl groups is 4. The molecule has 0 radical (unpaired) electrons. The largest absolute Gasteiger partial charge is 0.394 e. The van der Waals surface area contributed by atoms with Crippen molar-refractivity contribution in [2.75, 3.05) is 6.61 Å². The van der Waals surface area contributed by atoms with Crippen LogP contribution in [0.4, 0.5) is 0 Å². The van der Waals surface area contributed by atoms with Gasteiger partial charge in [-0.15, -0.1) is 0 Å². The van der Waals surface area contributed by atoms with Crippen LogP contribution in [0.5, 0.6) is 0 Å². The van der Waals surface area contributed by atoms with E-state index in [1.807, 2.05) is 0 Å². The van der Waals surface area contributed by atoms with Crippen LogP contribution in [0, 0.1) is 0 Å². The summed E-state index contributed by atoms with van der Waals surface area (Å²) in [5, 5.41) is 43.5. The van der Waals surface area contributed by atoms with Crippen molar-refractivity contribution in [3.63, 3.8) is 0 Å². The Hall–Kier alpha value is -0.950. The molecule has 0 aliphatic rings. The molecule has 4 atom stereocenters. The molecule has 0 spiro atoms. The van der Waals surface area contributed by atoms with Gasteiger partial charge in [-0.1, -0.05) is 264 Å². The Kier molecular flexibility index (Phi) is 47.3. The average Bonchev–Trinajstić information content (AvgIpc) is 3.24. The van der Waals surface area contributed by atoms with E-state index < -0.39 is 36.9 Å². The number of aliphatic hydroxyl groups excluding tert-OH is 4. The van der Waals surface area contributed by atoms with E-state index in [0.29, 0.717) is 12.8 Å². The van der Waals surface area contributed by atoms with Crippen molar-refractivity contribution in [1.82, 2.24) is 5.32 Å². The zero-order valence-electron chi connectivity index (χ0n) is 39.8. The van der Waals surface area contributed by atoms with Gasteiger partial charge in [0, 0.05) is 0 Å². The van der Waals surface area contributed by atoms with Crippen LogP contribution in [0.25, 0.3) is 0 Å². The molecule has 59 heavy (non-hydrogen) atoms. The van der Waals surface area contributed by atoms with Gasteiger partial charge in [0.05, 0.1) is 18.8 Å². The number of hydrogen-bond acceptors (Lipinski definition) is 5. The topological polar surface area (TPSA) is 110 Å². The standard InChI is InChI=1S/C53H105NO5/c1-3-5-7-9-11-13-14-15-16-17-18-19-20-21-22-23-24-25-26-27-28-29-30-31-32-33-34-35-36-37-39-41-43-45-47-51(57)53(59)54-49(48-55)52(58)50(56)46-44-42-40-38-12-10-8-6-4-2/h38,40,49-52,55-58H,3-37,39,41-48H2,1-2H3,(H,54,59)/b40-38+. The first-order valence-electron chi connectivity index (χ1n) is 26.6. The molecule has 0 saturated carbocycles. The number of carbonyl (C=O) groups excluding carboxylic acids is 1. The lowest BCUT2D eigenvalue weighted by Gasteiger charge is -2.27. The van der Waals surface area contributed by atoms with E-state index >= 15 is 0 Å². The highest BCUT2D eigenvalue weighted by Gasteiger charge is 2.28. The summed E-state index contributed by atoms with van der Waals surface area (Å²) in [5.41, 5.74) is 0. The van der Waals surface area contributed by atoms with Crippen LogP contribution in [0.15, 0.2) is 12.2 Å². The predicted molar refractivity (Wildman–Crippen MR) is 256 cm³/mol. The number of hydrogen-bond donors (Lipinski definition) is 5. The van der Waals surface area contributed by atoms with Gasteiger partial charge in [-0.3, -0.25) is 4.79 Å². The quantitative estimate of drug-likeness (QED) is 0.0310. The molecule has 0 heterocycles. The van der Waals surface area contributed by atoms with E-state index in [9.17, 15) is 25.2 Å². The lowest BCUT2D eigenvalue weighted by Crippen LogP contribution is -2.53. The van der Waals surface area contributed by atoms with Gasteiger partial charge >= 0.3 is 0 Å². The summed E-state index contributed by atoms with van der Waals surface area (Å²) >= 11 is 0.